The summed E-state index contributed by atoms with van der Waals surface area (Å²) >= 11 is 0. The van der Waals surface area contributed by atoms with Crippen molar-refractivity contribution in [3.8, 4) is 0 Å². The summed E-state index contributed by atoms with van der Waals surface area (Å²) in [6, 6.07) is 0. The van der Waals surface area contributed by atoms with Crippen molar-refractivity contribution >= 4 is 5.82 Å². The Morgan fingerprint density at radius 1 is 1.10 bits per heavy atom. The molecule has 0 aliphatic heterocycles. The number of methoxy groups -OCH3 is 1. The normalized spacial score (nSPS) is 13.8. The highest BCUT2D eigenvalue weighted by Crippen LogP contribution is 2.49. The van der Waals surface area contributed by atoms with Crippen molar-refractivity contribution in [1.82, 2.24) is 9.78 Å². The third-order valence-electron chi connectivity index (χ3n) is 2.44. The van der Waals surface area contributed by atoms with Gasteiger partial charge in [0.05, 0.1) is 13.2 Å². The van der Waals surface area contributed by atoms with Crippen LogP contribution in [0.15, 0.2) is 0 Å². The molecular weight excluding hydrogens is 318 g/mol. The Hall–Kier alpha value is -1.59. The van der Waals surface area contributed by atoms with E-state index in [4.69, 9.17) is 5.73 Å². The average molecular weight is 327 g/mol. The molecule has 2 N–H and O–H groups in total. The van der Waals surface area contributed by atoms with Crippen molar-refractivity contribution in [2.24, 2.45) is 0 Å². The smallest absolute Gasteiger partial charge is 0.383 e. The first-order valence-electron chi connectivity index (χ1n) is 5.21. The highest BCUT2D eigenvalue weighted by atomic mass is 19.4. The number of rotatable bonds is 4. The third-order valence-corrected chi connectivity index (χ3v) is 2.44. The summed E-state index contributed by atoms with van der Waals surface area (Å²) in [5.41, 5.74) is 0.215. The molecule has 0 bridgehead atoms. The minimum Gasteiger partial charge on any atom is -0.383 e. The SMILES string of the molecule is COCCn1nc(C(F)(F)C(F)(F)F)c(C(F)(F)F)c1N. The van der Waals surface area contributed by atoms with Gasteiger partial charge in [0.1, 0.15) is 11.4 Å². The van der Waals surface area contributed by atoms with Gasteiger partial charge in [-0.2, -0.15) is 40.2 Å². The molecule has 122 valence electrons. The molecule has 0 saturated heterocycles. The Labute approximate surface area is 112 Å². The van der Waals surface area contributed by atoms with Gasteiger partial charge in [0.2, 0.25) is 0 Å². The Morgan fingerprint density at radius 3 is 2.00 bits per heavy atom. The third kappa shape index (κ3) is 3.19. The van der Waals surface area contributed by atoms with Gasteiger partial charge >= 0.3 is 18.3 Å². The van der Waals surface area contributed by atoms with Crippen LogP contribution in [0.25, 0.3) is 0 Å². The van der Waals surface area contributed by atoms with E-state index in [0.29, 0.717) is 0 Å². The molecule has 0 spiro atoms. The first-order valence-corrected chi connectivity index (χ1v) is 5.21. The molecular formula is C9H9F8N3O. The molecule has 0 fully saturated rings. The number of ether oxygens (including phenoxy) is 1. The van der Waals surface area contributed by atoms with E-state index in [1.54, 1.807) is 0 Å². The Kier molecular flexibility index (Phi) is 4.42. The number of hydrogen-bond donors (Lipinski definition) is 1. The van der Waals surface area contributed by atoms with Crippen LogP contribution in [0.5, 0.6) is 0 Å². The van der Waals surface area contributed by atoms with Gasteiger partial charge in [-0.15, -0.1) is 0 Å². The number of nitrogens with two attached hydrogens (primary N) is 1. The van der Waals surface area contributed by atoms with Crippen LogP contribution in [-0.4, -0.2) is 29.7 Å². The Bertz CT molecular complexity index is 504. The molecule has 21 heavy (non-hydrogen) atoms. The first kappa shape index (κ1) is 17.5. The van der Waals surface area contributed by atoms with Gasteiger partial charge in [0, 0.05) is 7.11 Å². The summed E-state index contributed by atoms with van der Waals surface area (Å²) in [6.45, 7) is -0.792. The topological polar surface area (TPSA) is 53.1 Å². The highest BCUT2D eigenvalue weighted by Gasteiger charge is 2.64. The molecule has 1 rings (SSSR count). The van der Waals surface area contributed by atoms with Gasteiger partial charge in [-0.1, -0.05) is 0 Å². The second-order valence-electron chi connectivity index (χ2n) is 3.89. The minimum atomic E-state index is -6.24. The zero-order chi connectivity index (χ0) is 16.6. The molecule has 0 aliphatic rings. The van der Waals surface area contributed by atoms with E-state index in [-0.39, 0.29) is 11.3 Å². The fourth-order valence-electron chi connectivity index (χ4n) is 1.46. The van der Waals surface area contributed by atoms with E-state index in [0.717, 1.165) is 7.11 Å². The number of anilines is 1. The zero-order valence-electron chi connectivity index (χ0n) is 10.3. The minimum absolute atomic E-state index is 0.196. The molecule has 0 aliphatic carbocycles. The van der Waals surface area contributed by atoms with Crippen molar-refractivity contribution in [3.05, 3.63) is 11.3 Å². The van der Waals surface area contributed by atoms with Crippen molar-refractivity contribution in [3.63, 3.8) is 0 Å². The number of halogens is 8. The quantitative estimate of drug-likeness (QED) is 0.865. The zero-order valence-corrected chi connectivity index (χ0v) is 10.3. The fourth-order valence-corrected chi connectivity index (χ4v) is 1.46. The lowest BCUT2D eigenvalue weighted by atomic mass is 10.1. The maximum absolute atomic E-state index is 13.2. The van der Waals surface area contributed by atoms with E-state index in [1.807, 2.05) is 0 Å². The lowest BCUT2D eigenvalue weighted by Crippen LogP contribution is -2.36. The largest absolute Gasteiger partial charge is 0.459 e. The molecule has 0 unspecified atom stereocenters. The highest BCUT2D eigenvalue weighted by molar-refractivity contribution is 5.47. The summed E-state index contributed by atoms with van der Waals surface area (Å²) < 4.78 is 106. The van der Waals surface area contributed by atoms with Gasteiger partial charge < -0.3 is 10.5 Å². The molecule has 1 aromatic heterocycles. The van der Waals surface area contributed by atoms with Crippen LogP contribution in [0.2, 0.25) is 0 Å². The van der Waals surface area contributed by atoms with E-state index in [1.165, 1.54) is 0 Å². The van der Waals surface area contributed by atoms with Gasteiger partial charge in [0.15, 0.2) is 5.69 Å². The number of nitrogen functional groups attached to an aromatic ring is 1. The van der Waals surface area contributed by atoms with Crippen molar-refractivity contribution in [2.75, 3.05) is 19.5 Å². The van der Waals surface area contributed by atoms with Gasteiger partial charge in [-0.3, -0.25) is 0 Å². The first-order chi connectivity index (χ1) is 9.34. The molecule has 1 aromatic rings. The Morgan fingerprint density at radius 2 is 1.62 bits per heavy atom. The van der Waals surface area contributed by atoms with E-state index in [2.05, 4.69) is 9.84 Å². The van der Waals surface area contributed by atoms with Gasteiger partial charge in [0.25, 0.3) is 0 Å². The molecule has 0 aromatic carbocycles. The predicted octanol–water partition coefficient (Wildman–Crippen LogP) is 2.78. The monoisotopic (exact) mass is 327 g/mol. The maximum Gasteiger partial charge on any atom is 0.459 e. The molecule has 0 radical (unpaired) electrons. The van der Waals surface area contributed by atoms with Crippen LogP contribution in [0.4, 0.5) is 40.9 Å². The number of aromatic nitrogens is 2. The van der Waals surface area contributed by atoms with E-state index < -0.39 is 41.9 Å². The van der Waals surface area contributed by atoms with Crippen LogP contribution in [0.1, 0.15) is 11.3 Å². The summed E-state index contributed by atoms with van der Waals surface area (Å²) in [4.78, 5) is 0. The number of hydrogen-bond acceptors (Lipinski definition) is 3. The molecule has 0 amide bonds. The van der Waals surface area contributed by atoms with Gasteiger partial charge in [-0.25, -0.2) is 4.68 Å². The van der Waals surface area contributed by atoms with Crippen molar-refractivity contribution in [2.45, 2.75) is 24.8 Å². The van der Waals surface area contributed by atoms with Crippen LogP contribution >= 0.6 is 0 Å². The standard InChI is InChI=1S/C9H9F8N3O/c1-21-3-2-20-6(18)4(8(12,13)14)5(19-20)7(10,11)9(15,16)17/h2-3,18H2,1H3. The van der Waals surface area contributed by atoms with Crippen molar-refractivity contribution in [1.29, 1.82) is 0 Å². The molecule has 4 nitrogen and oxygen atoms in total. The Balaban J connectivity index is 3.51. The summed E-state index contributed by atoms with van der Waals surface area (Å²) in [5, 5.41) is 2.67. The summed E-state index contributed by atoms with van der Waals surface area (Å²) in [6.07, 6.45) is -11.8. The number of alkyl halides is 8. The van der Waals surface area contributed by atoms with E-state index >= 15 is 0 Å². The second kappa shape index (κ2) is 5.31. The second-order valence-corrected chi connectivity index (χ2v) is 3.89. The molecule has 1 heterocycles. The fraction of sp³-hybridized carbons (Fsp3) is 0.667. The number of nitrogens with zero attached hydrogens (tertiary/aromatic N) is 2. The van der Waals surface area contributed by atoms with Crippen LogP contribution < -0.4 is 5.73 Å². The van der Waals surface area contributed by atoms with Crippen LogP contribution in [0.3, 0.4) is 0 Å². The molecule has 12 heteroatoms. The van der Waals surface area contributed by atoms with Crippen molar-refractivity contribution < 1.29 is 39.9 Å². The van der Waals surface area contributed by atoms with E-state index in [9.17, 15) is 35.1 Å². The van der Waals surface area contributed by atoms with Crippen LogP contribution in [-0.2, 0) is 23.4 Å². The lowest BCUT2D eigenvalue weighted by molar-refractivity contribution is -0.292. The molecule has 0 atom stereocenters. The maximum atomic E-state index is 13.2. The van der Waals surface area contributed by atoms with Crippen LogP contribution in [0, 0.1) is 0 Å². The molecule has 0 saturated carbocycles. The average Bonchev–Trinajstić information content (AvgIpc) is 2.62. The van der Waals surface area contributed by atoms with Gasteiger partial charge in [-0.05, 0) is 0 Å². The summed E-state index contributed by atoms with van der Waals surface area (Å²) in [5.74, 6) is -7.12. The summed E-state index contributed by atoms with van der Waals surface area (Å²) in [7, 11) is 1.15. The predicted molar refractivity (Wildman–Crippen MR) is 53.5 cm³/mol. The lowest BCUT2D eigenvalue weighted by Gasteiger charge is -2.19.